The Morgan fingerprint density at radius 2 is 1.52 bits per heavy atom. The van der Waals surface area contributed by atoms with Crippen molar-refractivity contribution < 1.29 is 9.53 Å². The highest BCUT2D eigenvalue weighted by Gasteiger charge is 2.10. The summed E-state index contributed by atoms with van der Waals surface area (Å²) < 4.78 is 5.44. The summed E-state index contributed by atoms with van der Waals surface area (Å²) in [5.41, 5.74) is 5.26. The summed E-state index contributed by atoms with van der Waals surface area (Å²) in [5.74, 6) is -0.275. The number of hydrogen-bond donors (Lipinski definition) is 1. The van der Waals surface area contributed by atoms with Crippen LogP contribution in [0.25, 0.3) is 0 Å². The second-order valence-corrected chi connectivity index (χ2v) is 7.93. The maximum Gasteiger partial charge on any atom is 0.338 e. The van der Waals surface area contributed by atoms with Gasteiger partial charge in [-0.15, -0.1) is 0 Å². The molecule has 2 aromatic rings. The minimum absolute atomic E-state index is 0.275. The summed E-state index contributed by atoms with van der Waals surface area (Å²) in [7, 11) is 0. The number of nitrogens with one attached hydrogen (secondary N) is 1. The number of rotatable bonds is 6. The van der Waals surface area contributed by atoms with E-state index in [-0.39, 0.29) is 11.4 Å². The van der Waals surface area contributed by atoms with Crippen LogP contribution in [-0.2, 0) is 17.9 Å². The van der Waals surface area contributed by atoms with Gasteiger partial charge in [0.05, 0.1) is 5.56 Å². The number of hydrogen-bond acceptors (Lipinski definition) is 3. The molecular weight excluding hydrogens is 310 g/mol. The van der Waals surface area contributed by atoms with Crippen LogP contribution in [0.3, 0.4) is 0 Å². The maximum atomic E-state index is 12.2. The molecule has 0 unspecified atom stereocenters. The quantitative estimate of drug-likeness (QED) is 0.769. The SMILES string of the molecule is Cc1cc(C)cc(C(=O)OCc2ccc(CNCC(C)(C)C)cc2)c1. The van der Waals surface area contributed by atoms with Crippen LogP contribution in [0.15, 0.2) is 42.5 Å². The third-order valence-electron chi connectivity index (χ3n) is 3.83. The summed E-state index contributed by atoms with van der Waals surface area (Å²) in [6.07, 6.45) is 0. The van der Waals surface area contributed by atoms with Gasteiger partial charge in [0, 0.05) is 13.1 Å². The van der Waals surface area contributed by atoms with Crippen molar-refractivity contribution in [2.75, 3.05) is 6.54 Å². The zero-order chi connectivity index (χ0) is 18.4. The van der Waals surface area contributed by atoms with Crippen molar-refractivity contribution in [3.05, 3.63) is 70.3 Å². The van der Waals surface area contributed by atoms with Crippen LogP contribution < -0.4 is 5.32 Å². The third-order valence-corrected chi connectivity index (χ3v) is 3.83. The van der Waals surface area contributed by atoms with E-state index in [1.54, 1.807) is 0 Å². The first-order chi connectivity index (χ1) is 11.7. The average molecular weight is 339 g/mol. The number of carbonyl (C=O) groups is 1. The largest absolute Gasteiger partial charge is 0.457 e. The monoisotopic (exact) mass is 339 g/mol. The Morgan fingerprint density at radius 3 is 2.08 bits per heavy atom. The Bertz CT molecular complexity index is 692. The van der Waals surface area contributed by atoms with E-state index in [9.17, 15) is 4.79 Å². The third kappa shape index (κ3) is 6.71. The number of esters is 1. The molecule has 0 saturated carbocycles. The van der Waals surface area contributed by atoms with E-state index < -0.39 is 0 Å². The molecule has 0 heterocycles. The number of ether oxygens (including phenoxy) is 1. The fraction of sp³-hybridized carbons (Fsp3) is 0.409. The molecule has 0 saturated heterocycles. The highest BCUT2D eigenvalue weighted by atomic mass is 16.5. The summed E-state index contributed by atoms with van der Waals surface area (Å²) in [5, 5.41) is 3.46. The fourth-order valence-corrected chi connectivity index (χ4v) is 2.66. The summed E-state index contributed by atoms with van der Waals surface area (Å²) >= 11 is 0. The van der Waals surface area contributed by atoms with Gasteiger partial charge in [0.15, 0.2) is 0 Å². The van der Waals surface area contributed by atoms with Gasteiger partial charge in [-0.25, -0.2) is 4.79 Å². The van der Waals surface area contributed by atoms with Crippen LogP contribution in [0.4, 0.5) is 0 Å². The molecule has 0 aliphatic carbocycles. The molecule has 0 radical (unpaired) electrons. The van der Waals surface area contributed by atoms with Gasteiger partial charge in [-0.2, -0.15) is 0 Å². The van der Waals surface area contributed by atoms with Gasteiger partial charge in [-0.3, -0.25) is 0 Å². The zero-order valence-electron chi connectivity index (χ0n) is 16.0. The van der Waals surface area contributed by atoms with Gasteiger partial charge in [-0.1, -0.05) is 62.2 Å². The van der Waals surface area contributed by atoms with Gasteiger partial charge in [-0.05, 0) is 42.5 Å². The van der Waals surface area contributed by atoms with Crippen LogP contribution in [0.5, 0.6) is 0 Å². The van der Waals surface area contributed by atoms with Gasteiger partial charge < -0.3 is 10.1 Å². The molecule has 0 aliphatic heterocycles. The molecule has 0 fully saturated rings. The Kier molecular flexibility index (Phi) is 6.38. The van der Waals surface area contributed by atoms with Gasteiger partial charge in [0.25, 0.3) is 0 Å². The van der Waals surface area contributed by atoms with Crippen molar-refractivity contribution in [1.29, 1.82) is 0 Å². The topological polar surface area (TPSA) is 38.3 Å². The van der Waals surface area contributed by atoms with E-state index in [4.69, 9.17) is 4.74 Å². The predicted molar refractivity (Wildman–Crippen MR) is 103 cm³/mol. The van der Waals surface area contributed by atoms with Crippen molar-refractivity contribution in [2.45, 2.75) is 47.8 Å². The van der Waals surface area contributed by atoms with Crippen LogP contribution in [0.2, 0.25) is 0 Å². The van der Waals surface area contributed by atoms with E-state index in [1.807, 2.05) is 44.2 Å². The smallest absolute Gasteiger partial charge is 0.338 e. The van der Waals surface area contributed by atoms with E-state index >= 15 is 0 Å². The molecule has 3 heteroatoms. The number of carbonyl (C=O) groups excluding carboxylic acids is 1. The second kappa shape index (κ2) is 8.30. The molecular formula is C22H29NO2. The van der Waals surface area contributed by atoms with Crippen LogP contribution in [-0.4, -0.2) is 12.5 Å². The Hall–Kier alpha value is -2.13. The first-order valence-electron chi connectivity index (χ1n) is 8.77. The Labute approximate surface area is 151 Å². The first-order valence-corrected chi connectivity index (χ1v) is 8.77. The van der Waals surface area contributed by atoms with E-state index in [1.165, 1.54) is 5.56 Å². The molecule has 0 atom stereocenters. The number of benzene rings is 2. The zero-order valence-corrected chi connectivity index (χ0v) is 16.0. The molecule has 0 aromatic heterocycles. The Morgan fingerprint density at radius 1 is 0.960 bits per heavy atom. The first kappa shape index (κ1) is 19.2. The molecule has 2 aromatic carbocycles. The molecule has 2 rings (SSSR count). The van der Waals surface area contributed by atoms with E-state index in [0.717, 1.165) is 29.8 Å². The molecule has 0 amide bonds. The summed E-state index contributed by atoms with van der Waals surface area (Å²) in [6, 6.07) is 14.0. The average Bonchev–Trinajstić information content (AvgIpc) is 2.51. The minimum Gasteiger partial charge on any atom is -0.457 e. The van der Waals surface area contributed by atoms with E-state index in [0.29, 0.717) is 12.2 Å². The standard InChI is InChI=1S/C22H29NO2/c1-16-10-17(2)12-20(11-16)21(24)25-14-19-8-6-18(7-9-19)13-23-15-22(3,4)5/h6-12,23H,13-15H2,1-5H3. The summed E-state index contributed by atoms with van der Waals surface area (Å²) in [6.45, 7) is 12.7. The van der Waals surface area contributed by atoms with Gasteiger partial charge in [0.2, 0.25) is 0 Å². The lowest BCUT2D eigenvalue weighted by molar-refractivity contribution is 0.0472. The number of aryl methyl sites for hydroxylation is 2. The molecule has 1 N–H and O–H groups in total. The molecule has 3 nitrogen and oxygen atoms in total. The minimum atomic E-state index is -0.275. The van der Waals surface area contributed by atoms with Gasteiger partial charge >= 0.3 is 5.97 Å². The molecule has 0 bridgehead atoms. The normalized spacial score (nSPS) is 11.4. The van der Waals surface area contributed by atoms with Crippen LogP contribution in [0, 0.1) is 19.3 Å². The fourth-order valence-electron chi connectivity index (χ4n) is 2.66. The predicted octanol–water partition coefficient (Wildman–Crippen LogP) is 4.80. The van der Waals surface area contributed by atoms with Crippen molar-refractivity contribution in [1.82, 2.24) is 5.32 Å². The molecule has 0 spiro atoms. The van der Waals surface area contributed by atoms with Gasteiger partial charge in [0.1, 0.15) is 6.61 Å². The van der Waals surface area contributed by atoms with Crippen LogP contribution >= 0.6 is 0 Å². The van der Waals surface area contributed by atoms with Crippen molar-refractivity contribution in [2.24, 2.45) is 5.41 Å². The molecule has 0 aliphatic rings. The summed E-state index contributed by atoms with van der Waals surface area (Å²) in [4.78, 5) is 12.2. The molecule has 134 valence electrons. The van der Waals surface area contributed by atoms with E-state index in [2.05, 4.69) is 38.2 Å². The maximum absolute atomic E-state index is 12.2. The van der Waals surface area contributed by atoms with Crippen molar-refractivity contribution in [3.8, 4) is 0 Å². The molecule has 25 heavy (non-hydrogen) atoms. The second-order valence-electron chi connectivity index (χ2n) is 7.93. The lowest BCUT2D eigenvalue weighted by Crippen LogP contribution is -2.26. The highest BCUT2D eigenvalue weighted by Crippen LogP contribution is 2.13. The van der Waals surface area contributed by atoms with Crippen molar-refractivity contribution >= 4 is 5.97 Å². The van der Waals surface area contributed by atoms with Crippen molar-refractivity contribution in [3.63, 3.8) is 0 Å². The lowest BCUT2D eigenvalue weighted by Gasteiger charge is -2.18. The highest BCUT2D eigenvalue weighted by molar-refractivity contribution is 5.89. The Balaban J connectivity index is 1.85. The van der Waals surface area contributed by atoms with Crippen LogP contribution in [0.1, 0.15) is 53.4 Å². The lowest BCUT2D eigenvalue weighted by atomic mass is 9.97.